The summed E-state index contributed by atoms with van der Waals surface area (Å²) in [5, 5.41) is 1.17. The predicted octanol–water partition coefficient (Wildman–Crippen LogP) is 2.94. The van der Waals surface area contributed by atoms with Crippen LogP contribution in [0.3, 0.4) is 0 Å². The van der Waals surface area contributed by atoms with Crippen LogP contribution in [0.15, 0.2) is 41.2 Å². The van der Waals surface area contributed by atoms with Gasteiger partial charge in [0.05, 0.1) is 0 Å². The Kier molecular flexibility index (Phi) is 5.97. The molecule has 0 radical (unpaired) electrons. The van der Waals surface area contributed by atoms with Crippen molar-refractivity contribution in [3.8, 4) is 5.75 Å². The Balaban J connectivity index is 1.81. The van der Waals surface area contributed by atoms with Crippen molar-refractivity contribution in [3.05, 3.63) is 63.6 Å². The van der Waals surface area contributed by atoms with Crippen LogP contribution in [0, 0.1) is 5.92 Å². The zero-order chi connectivity index (χ0) is 23.8. The van der Waals surface area contributed by atoms with E-state index in [4.69, 9.17) is 9.47 Å². The summed E-state index contributed by atoms with van der Waals surface area (Å²) in [6.45, 7) is 5.57. The van der Waals surface area contributed by atoms with Gasteiger partial charge in [-0.3, -0.25) is 14.4 Å². The van der Waals surface area contributed by atoms with E-state index in [0.717, 1.165) is 29.1 Å². The molecule has 9 nitrogen and oxygen atoms in total. The third kappa shape index (κ3) is 4.92. The van der Waals surface area contributed by atoms with Gasteiger partial charge >= 0.3 is 6.09 Å². The fourth-order valence-corrected chi connectivity index (χ4v) is 3.65. The molecule has 0 bridgehead atoms. The lowest BCUT2D eigenvalue weighted by Crippen LogP contribution is -2.58. The van der Waals surface area contributed by atoms with E-state index in [-0.39, 0.29) is 30.4 Å². The Morgan fingerprint density at radius 2 is 1.85 bits per heavy atom. The van der Waals surface area contributed by atoms with Gasteiger partial charge in [-0.2, -0.15) is 5.01 Å². The molecule has 2 aromatic rings. The van der Waals surface area contributed by atoms with E-state index in [0.29, 0.717) is 18.7 Å². The van der Waals surface area contributed by atoms with Gasteiger partial charge in [-0.1, -0.05) is 30.3 Å². The normalized spacial score (nSPS) is 15.8. The maximum Gasteiger partial charge on any atom is 0.431 e. The van der Waals surface area contributed by atoms with Crippen molar-refractivity contribution in [1.82, 2.24) is 9.58 Å². The number of fused-ring (bicyclic) bond motifs is 1. The highest BCUT2D eigenvalue weighted by Crippen LogP contribution is 2.32. The van der Waals surface area contributed by atoms with E-state index in [9.17, 15) is 19.2 Å². The van der Waals surface area contributed by atoms with Crippen LogP contribution in [0.2, 0.25) is 0 Å². The largest absolute Gasteiger partial charge is 0.482 e. The fourth-order valence-electron chi connectivity index (χ4n) is 3.65. The third-order valence-corrected chi connectivity index (χ3v) is 5.34. The number of amides is 2. The minimum atomic E-state index is -0.799. The maximum atomic E-state index is 13.5. The van der Waals surface area contributed by atoms with Crippen LogP contribution in [0.5, 0.6) is 5.75 Å². The molecule has 0 spiro atoms. The highest BCUT2D eigenvalue weighted by atomic mass is 16.6. The second-order valence-electron chi connectivity index (χ2n) is 9.31. The third-order valence-electron chi connectivity index (χ3n) is 5.34. The number of carbonyl (C=O) groups is 3. The lowest BCUT2D eigenvalue weighted by molar-refractivity contribution is 0.0445. The van der Waals surface area contributed by atoms with E-state index in [1.54, 1.807) is 20.8 Å². The molecule has 1 saturated carbocycles. The topological polar surface area (TPSA) is 98.2 Å². The summed E-state index contributed by atoms with van der Waals surface area (Å²) in [4.78, 5) is 52.8. The lowest BCUT2D eigenvalue weighted by Gasteiger charge is -2.39. The van der Waals surface area contributed by atoms with Crippen LogP contribution in [0.1, 0.15) is 60.2 Å². The number of aldehydes is 1. The quantitative estimate of drug-likeness (QED) is 0.624. The first kappa shape index (κ1) is 22.6. The first-order valence-corrected chi connectivity index (χ1v) is 10.9. The van der Waals surface area contributed by atoms with Crippen molar-refractivity contribution in [3.63, 3.8) is 0 Å². The Hall–Kier alpha value is -3.62. The molecule has 1 aliphatic heterocycles. The van der Waals surface area contributed by atoms with Crippen LogP contribution >= 0.6 is 0 Å². The average Bonchev–Trinajstić information content (AvgIpc) is 3.58. The van der Waals surface area contributed by atoms with Crippen LogP contribution in [0.25, 0.3) is 0 Å². The lowest BCUT2D eigenvalue weighted by atomic mass is 10.2. The molecular weight excluding hydrogens is 426 g/mol. The molecule has 2 aliphatic rings. The zero-order valence-electron chi connectivity index (χ0n) is 18.9. The predicted molar refractivity (Wildman–Crippen MR) is 120 cm³/mol. The summed E-state index contributed by atoms with van der Waals surface area (Å²) in [6, 6.07) is 10.3. The van der Waals surface area contributed by atoms with Gasteiger partial charge in [-0.25, -0.2) is 9.47 Å². The SMILES string of the molecule is CC(C)(C)OC(=O)N1CN(CC2CC2)C(=O)c2c(OCc3ccccc3)c(=O)cc(C=O)n21. The number of ether oxygens (including phenoxy) is 2. The van der Waals surface area contributed by atoms with Crippen molar-refractivity contribution in [2.24, 2.45) is 5.92 Å². The molecule has 0 N–H and O–H groups in total. The fraction of sp³-hybridized carbons (Fsp3) is 0.417. The molecule has 0 saturated heterocycles. The van der Waals surface area contributed by atoms with Gasteiger partial charge < -0.3 is 14.4 Å². The van der Waals surface area contributed by atoms with E-state index >= 15 is 0 Å². The van der Waals surface area contributed by atoms with Crippen molar-refractivity contribution >= 4 is 18.3 Å². The molecule has 0 unspecified atom stereocenters. The second-order valence-corrected chi connectivity index (χ2v) is 9.31. The number of benzene rings is 1. The van der Waals surface area contributed by atoms with E-state index in [1.165, 1.54) is 9.91 Å². The first-order chi connectivity index (χ1) is 15.7. The Bertz CT molecular complexity index is 1130. The van der Waals surface area contributed by atoms with Crippen molar-refractivity contribution in [1.29, 1.82) is 0 Å². The molecule has 1 fully saturated rings. The molecule has 2 heterocycles. The number of aromatic nitrogens is 1. The minimum Gasteiger partial charge on any atom is -0.482 e. The summed E-state index contributed by atoms with van der Waals surface area (Å²) in [5.41, 5.74) is -0.888. The Morgan fingerprint density at radius 1 is 1.15 bits per heavy atom. The standard InChI is InChI=1S/C24H27N3O6/c1-24(2,3)33-23(31)26-15-25(12-16-9-10-16)22(30)20-21(19(29)11-18(13-28)27(20)26)32-14-17-7-5-4-6-8-17/h4-8,11,13,16H,9-10,12,14-15H2,1-3H3. The van der Waals surface area contributed by atoms with Crippen molar-refractivity contribution < 1.29 is 23.9 Å². The Morgan fingerprint density at radius 3 is 2.45 bits per heavy atom. The molecule has 1 aromatic heterocycles. The van der Waals surface area contributed by atoms with E-state index < -0.39 is 23.0 Å². The number of carbonyl (C=O) groups excluding carboxylic acids is 3. The number of hydrogen-bond donors (Lipinski definition) is 0. The van der Waals surface area contributed by atoms with Crippen LogP contribution in [0.4, 0.5) is 4.79 Å². The average molecular weight is 453 g/mol. The molecule has 1 aliphatic carbocycles. The van der Waals surface area contributed by atoms with Gasteiger partial charge in [0.25, 0.3) is 5.91 Å². The van der Waals surface area contributed by atoms with E-state index in [1.807, 2.05) is 30.3 Å². The highest BCUT2D eigenvalue weighted by Gasteiger charge is 2.40. The maximum absolute atomic E-state index is 13.5. The minimum absolute atomic E-state index is 0.0475. The van der Waals surface area contributed by atoms with Gasteiger partial charge in [-0.05, 0) is 45.1 Å². The van der Waals surface area contributed by atoms with Gasteiger partial charge in [0.15, 0.2) is 17.7 Å². The van der Waals surface area contributed by atoms with Crippen LogP contribution in [-0.4, -0.2) is 46.7 Å². The molecular formula is C24H27N3O6. The molecule has 9 heteroatoms. The number of pyridine rings is 1. The highest BCUT2D eigenvalue weighted by molar-refractivity contribution is 5.99. The van der Waals surface area contributed by atoms with Gasteiger partial charge in [0, 0.05) is 12.6 Å². The van der Waals surface area contributed by atoms with Crippen LogP contribution in [-0.2, 0) is 11.3 Å². The van der Waals surface area contributed by atoms with E-state index in [2.05, 4.69) is 0 Å². The van der Waals surface area contributed by atoms with Crippen LogP contribution < -0.4 is 15.2 Å². The number of nitrogens with zero attached hydrogens (tertiary/aromatic N) is 3. The van der Waals surface area contributed by atoms with Gasteiger partial charge in [0.1, 0.15) is 24.6 Å². The summed E-state index contributed by atoms with van der Waals surface area (Å²) < 4.78 is 12.5. The van der Waals surface area contributed by atoms with Crippen molar-refractivity contribution in [2.45, 2.75) is 45.8 Å². The number of rotatable bonds is 6. The molecule has 174 valence electrons. The van der Waals surface area contributed by atoms with Crippen molar-refractivity contribution in [2.75, 3.05) is 18.2 Å². The van der Waals surface area contributed by atoms with Gasteiger partial charge in [0.2, 0.25) is 5.43 Å². The smallest absolute Gasteiger partial charge is 0.431 e. The first-order valence-electron chi connectivity index (χ1n) is 10.9. The molecule has 33 heavy (non-hydrogen) atoms. The Labute approximate surface area is 191 Å². The second kappa shape index (κ2) is 8.73. The molecule has 2 amide bonds. The monoisotopic (exact) mass is 453 g/mol. The molecule has 4 rings (SSSR count). The zero-order valence-corrected chi connectivity index (χ0v) is 18.9. The van der Waals surface area contributed by atoms with Gasteiger partial charge in [-0.15, -0.1) is 0 Å². The summed E-state index contributed by atoms with van der Waals surface area (Å²) in [7, 11) is 0. The summed E-state index contributed by atoms with van der Waals surface area (Å²) in [5.74, 6) is -0.329. The molecule has 1 aromatic carbocycles. The number of hydrogen-bond acceptors (Lipinski definition) is 6. The molecule has 0 atom stereocenters. The summed E-state index contributed by atoms with van der Waals surface area (Å²) >= 11 is 0. The summed E-state index contributed by atoms with van der Waals surface area (Å²) in [6.07, 6.45) is 1.69.